The molecule has 100 valence electrons. The van der Waals surface area contributed by atoms with Crippen molar-refractivity contribution in [3.05, 3.63) is 28.8 Å². The van der Waals surface area contributed by atoms with E-state index in [2.05, 4.69) is 10.6 Å². The van der Waals surface area contributed by atoms with Crippen LogP contribution in [-0.2, 0) is 9.59 Å². The standard InChI is InChI=1S/C12H11ClN2O4/c13-6-1-2-7(9(16)5-6)11(18)14-8-3-4-10(17)15-12(8)19/h1-2,5,8,16H,3-4H2,(H,14,18)(H,15,17,19). The van der Waals surface area contributed by atoms with Gasteiger partial charge in [-0.3, -0.25) is 19.7 Å². The minimum Gasteiger partial charge on any atom is -0.507 e. The Hall–Kier alpha value is -2.08. The Balaban J connectivity index is 2.09. The first-order chi connectivity index (χ1) is 8.97. The van der Waals surface area contributed by atoms with Gasteiger partial charge in [0.15, 0.2) is 0 Å². The number of hydrogen-bond donors (Lipinski definition) is 3. The van der Waals surface area contributed by atoms with Crippen LogP contribution < -0.4 is 10.6 Å². The lowest BCUT2D eigenvalue weighted by molar-refractivity contribution is -0.134. The third kappa shape index (κ3) is 3.03. The lowest BCUT2D eigenvalue weighted by Gasteiger charge is -2.21. The average Bonchev–Trinajstić information content (AvgIpc) is 2.32. The molecular formula is C12H11ClN2O4. The monoisotopic (exact) mass is 282 g/mol. The summed E-state index contributed by atoms with van der Waals surface area (Å²) in [6.07, 6.45) is 0.411. The van der Waals surface area contributed by atoms with Crippen LogP contribution in [0.15, 0.2) is 18.2 Å². The Morgan fingerprint density at radius 2 is 2.16 bits per heavy atom. The lowest BCUT2D eigenvalue weighted by atomic mass is 10.1. The van der Waals surface area contributed by atoms with Crippen LogP contribution in [0.25, 0.3) is 0 Å². The zero-order chi connectivity index (χ0) is 14.0. The van der Waals surface area contributed by atoms with Gasteiger partial charge in [-0.1, -0.05) is 11.6 Å². The molecule has 3 N–H and O–H groups in total. The van der Waals surface area contributed by atoms with E-state index in [-0.39, 0.29) is 30.1 Å². The molecule has 2 rings (SSSR count). The fourth-order valence-electron chi connectivity index (χ4n) is 1.76. The molecule has 1 unspecified atom stereocenters. The fourth-order valence-corrected chi connectivity index (χ4v) is 1.93. The van der Waals surface area contributed by atoms with E-state index < -0.39 is 17.9 Å². The van der Waals surface area contributed by atoms with E-state index in [1.54, 1.807) is 0 Å². The maximum Gasteiger partial charge on any atom is 0.255 e. The van der Waals surface area contributed by atoms with Crippen LogP contribution in [0.3, 0.4) is 0 Å². The quantitative estimate of drug-likeness (QED) is 0.692. The third-order valence-corrected chi connectivity index (χ3v) is 2.98. The third-order valence-electron chi connectivity index (χ3n) is 2.75. The van der Waals surface area contributed by atoms with Gasteiger partial charge in [0.1, 0.15) is 11.8 Å². The SMILES string of the molecule is O=C1CCC(NC(=O)c2ccc(Cl)cc2O)C(=O)N1. The van der Waals surface area contributed by atoms with Gasteiger partial charge in [0.25, 0.3) is 5.91 Å². The molecular weight excluding hydrogens is 272 g/mol. The zero-order valence-electron chi connectivity index (χ0n) is 9.77. The molecule has 1 heterocycles. The molecule has 0 aliphatic carbocycles. The minimum atomic E-state index is -0.778. The van der Waals surface area contributed by atoms with E-state index in [1.165, 1.54) is 18.2 Å². The molecule has 0 aromatic heterocycles. The van der Waals surface area contributed by atoms with E-state index in [4.69, 9.17) is 11.6 Å². The number of halogens is 1. The minimum absolute atomic E-state index is 0.0223. The Morgan fingerprint density at radius 3 is 2.79 bits per heavy atom. The smallest absolute Gasteiger partial charge is 0.255 e. The second-order valence-electron chi connectivity index (χ2n) is 4.14. The van der Waals surface area contributed by atoms with Crippen molar-refractivity contribution in [2.24, 2.45) is 0 Å². The molecule has 6 nitrogen and oxygen atoms in total. The van der Waals surface area contributed by atoms with Gasteiger partial charge in [-0.05, 0) is 24.6 Å². The van der Waals surface area contributed by atoms with Crippen LogP contribution in [0.1, 0.15) is 23.2 Å². The number of amides is 3. The molecule has 0 bridgehead atoms. The highest BCUT2D eigenvalue weighted by Gasteiger charge is 2.28. The molecule has 0 saturated carbocycles. The number of carbonyl (C=O) groups excluding carboxylic acids is 3. The molecule has 19 heavy (non-hydrogen) atoms. The predicted molar refractivity (Wildman–Crippen MR) is 66.8 cm³/mol. The van der Waals surface area contributed by atoms with Gasteiger partial charge in [0.05, 0.1) is 5.56 Å². The summed E-state index contributed by atoms with van der Waals surface area (Å²) >= 11 is 5.66. The van der Waals surface area contributed by atoms with Crippen molar-refractivity contribution < 1.29 is 19.5 Å². The Morgan fingerprint density at radius 1 is 1.42 bits per heavy atom. The van der Waals surface area contributed by atoms with Crippen LogP contribution in [-0.4, -0.2) is 28.9 Å². The first-order valence-electron chi connectivity index (χ1n) is 5.60. The summed E-state index contributed by atoms with van der Waals surface area (Å²) in [7, 11) is 0. The molecule has 1 aromatic carbocycles. The van der Waals surface area contributed by atoms with Gasteiger partial charge >= 0.3 is 0 Å². The number of phenolic OH excluding ortho intramolecular Hbond substituents is 1. The number of imide groups is 1. The zero-order valence-corrected chi connectivity index (χ0v) is 10.5. The second-order valence-corrected chi connectivity index (χ2v) is 4.58. The van der Waals surface area contributed by atoms with Gasteiger partial charge in [0, 0.05) is 11.4 Å². The van der Waals surface area contributed by atoms with Crippen molar-refractivity contribution in [2.75, 3.05) is 0 Å². The van der Waals surface area contributed by atoms with E-state index >= 15 is 0 Å². The summed E-state index contributed by atoms with van der Waals surface area (Å²) in [5.74, 6) is -1.76. The van der Waals surface area contributed by atoms with E-state index in [9.17, 15) is 19.5 Å². The van der Waals surface area contributed by atoms with Crippen LogP contribution in [0.5, 0.6) is 5.75 Å². The molecule has 1 fully saturated rings. The Labute approximate surface area is 113 Å². The van der Waals surface area contributed by atoms with Crippen LogP contribution in [0, 0.1) is 0 Å². The first kappa shape index (κ1) is 13.4. The van der Waals surface area contributed by atoms with Gasteiger partial charge in [-0.15, -0.1) is 0 Å². The van der Waals surface area contributed by atoms with Crippen LogP contribution in [0.4, 0.5) is 0 Å². The molecule has 1 saturated heterocycles. The summed E-state index contributed by atoms with van der Waals surface area (Å²) in [6.45, 7) is 0. The van der Waals surface area contributed by atoms with Gasteiger partial charge in [0.2, 0.25) is 11.8 Å². The van der Waals surface area contributed by atoms with Crippen molar-refractivity contribution in [1.29, 1.82) is 0 Å². The van der Waals surface area contributed by atoms with Crippen LogP contribution >= 0.6 is 11.6 Å². The fraction of sp³-hybridized carbons (Fsp3) is 0.250. The van der Waals surface area contributed by atoms with Gasteiger partial charge < -0.3 is 10.4 Å². The van der Waals surface area contributed by atoms with Gasteiger partial charge in [-0.2, -0.15) is 0 Å². The summed E-state index contributed by atoms with van der Waals surface area (Å²) in [5, 5.41) is 14.5. The Bertz CT molecular complexity index is 559. The normalized spacial score (nSPS) is 18.9. The van der Waals surface area contributed by atoms with Crippen molar-refractivity contribution in [1.82, 2.24) is 10.6 Å². The lowest BCUT2D eigenvalue weighted by Crippen LogP contribution is -2.52. The van der Waals surface area contributed by atoms with Crippen LogP contribution in [0.2, 0.25) is 5.02 Å². The summed E-state index contributed by atoms with van der Waals surface area (Å²) in [5.41, 5.74) is 0.0223. The number of carbonyl (C=O) groups is 3. The van der Waals surface area contributed by atoms with Crippen molar-refractivity contribution in [3.8, 4) is 5.75 Å². The van der Waals surface area contributed by atoms with Gasteiger partial charge in [-0.25, -0.2) is 0 Å². The maximum atomic E-state index is 11.9. The highest BCUT2D eigenvalue weighted by atomic mass is 35.5. The average molecular weight is 283 g/mol. The molecule has 0 spiro atoms. The number of aromatic hydroxyl groups is 1. The maximum absolute atomic E-state index is 11.9. The van der Waals surface area contributed by atoms with E-state index in [1.807, 2.05) is 0 Å². The first-order valence-corrected chi connectivity index (χ1v) is 5.98. The number of hydrogen-bond acceptors (Lipinski definition) is 4. The number of nitrogens with one attached hydrogen (secondary N) is 2. The second kappa shape index (κ2) is 5.27. The number of rotatable bonds is 2. The number of piperidine rings is 1. The van der Waals surface area contributed by atoms with Crippen molar-refractivity contribution >= 4 is 29.3 Å². The molecule has 1 aliphatic rings. The largest absolute Gasteiger partial charge is 0.507 e. The highest BCUT2D eigenvalue weighted by Crippen LogP contribution is 2.22. The summed E-state index contributed by atoms with van der Waals surface area (Å²) in [6, 6.07) is 3.28. The van der Waals surface area contributed by atoms with E-state index in [0.29, 0.717) is 5.02 Å². The topological polar surface area (TPSA) is 95.5 Å². The molecule has 1 atom stereocenters. The number of benzene rings is 1. The molecule has 1 aromatic rings. The molecule has 7 heteroatoms. The highest BCUT2D eigenvalue weighted by molar-refractivity contribution is 6.30. The Kier molecular flexibility index (Phi) is 3.71. The molecule has 0 radical (unpaired) electrons. The van der Waals surface area contributed by atoms with E-state index in [0.717, 1.165) is 0 Å². The van der Waals surface area contributed by atoms with Crippen molar-refractivity contribution in [2.45, 2.75) is 18.9 Å². The summed E-state index contributed by atoms with van der Waals surface area (Å²) in [4.78, 5) is 34.3. The molecule has 1 aliphatic heterocycles. The number of phenols is 1. The predicted octanol–water partition coefficient (Wildman–Crippen LogP) is 0.581. The summed E-state index contributed by atoms with van der Waals surface area (Å²) < 4.78 is 0. The molecule has 3 amide bonds. The van der Waals surface area contributed by atoms with Crippen molar-refractivity contribution in [3.63, 3.8) is 0 Å².